The summed E-state index contributed by atoms with van der Waals surface area (Å²) in [6.07, 6.45) is 0.920. The minimum absolute atomic E-state index is 0.00339. The molecular formula is C15H29N3O3. The number of aliphatic carboxylic acids is 1. The fraction of sp³-hybridized carbons (Fsp3) is 0.867. The highest BCUT2D eigenvalue weighted by molar-refractivity contribution is 5.74. The first-order valence-electron chi connectivity index (χ1n) is 7.74. The lowest BCUT2D eigenvalue weighted by Gasteiger charge is -2.37. The standard InChI is InChI=1S/C15H29N3O3/c1-11(2)7-13(8-14(19)20)9-16-15(21)18-6-5-17(4)12(3)10-18/h11-13H,5-10H2,1-4H3,(H,16,21)(H,19,20). The summed E-state index contributed by atoms with van der Waals surface area (Å²) in [5.41, 5.74) is 0. The summed E-state index contributed by atoms with van der Waals surface area (Å²) >= 11 is 0. The van der Waals surface area contributed by atoms with Crippen molar-refractivity contribution < 1.29 is 14.7 Å². The molecule has 21 heavy (non-hydrogen) atoms. The monoisotopic (exact) mass is 299 g/mol. The molecule has 1 heterocycles. The molecule has 1 fully saturated rings. The van der Waals surface area contributed by atoms with E-state index in [1.165, 1.54) is 0 Å². The quantitative estimate of drug-likeness (QED) is 0.779. The Morgan fingerprint density at radius 3 is 2.52 bits per heavy atom. The van der Waals surface area contributed by atoms with Crippen LogP contribution in [-0.2, 0) is 4.79 Å². The first kappa shape index (κ1) is 17.8. The number of urea groups is 1. The smallest absolute Gasteiger partial charge is 0.317 e. The number of nitrogens with one attached hydrogen (secondary N) is 1. The average molecular weight is 299 g/mol. The zero-order valence-electron chi connectivity index (χ0n) is 13.6. The van der Waals surface area contributed by atoms with Crippen LogP contribution in [0.4, 0.5) is 4.79 Å². The van der Waals surface area contributed by atoms with Gasteiger partial charge < -0.3 is 20.2 Å². The number of carbonyl (C=O) groups is 2. The van der Waals surface area contributed by atoms with Crippen molar-refractivity contribution >= 4 is 12.0 Å². The molecule has 0 aromatic rings. The van der Waals surface area contributed by atoms with Gasteiger partial charge in [-0.25, -0.2) is 4.79 Å². The number of rotatable bonds is 6. The van der Waals surface area contributed by atoms with Gasteiger partial charge in [0.05, 0.1) is 0 Å². The molecule has 2 unspecified atom stereocenters. The van der Waals surface area contributed by atoms with Crippen molar-refractivity contribution in [1.82, 2.24) is 15.1 Å². The van der Waals surface area contributed by atoms with E-state index in [1.807, 2.05) is 4.90 Å². The number of likely N-dealkylation sites (N-methyl/N-ethyl adjacent to an activating group) is 1. The highest BCUT2D eigenvalue weighted by Crippen LogP contribution is 2.15. The molecule has 2 amide bonds. The fourth-order valence-electron chi connectivity index (χ4n) is 2.73. The molecule has 0 radical (unpaired) electrons. The van der Waals surface area contributed by atoms with Crippen LogP contribution in [0.25, 0.3) is 0 Å². The highest BCUT2D eigenvalue weighted by atomic mass is 16.4. The molecule has 0 aromatic carbocycles. The third-order valence-electron chi connectivity index (χ3n) is 4.06. The maximum atomic E-state index is 12.2. The number of amides is 2. The molecule has 1 aliphatic rings. The normalized spacial score (nSPS) is 21.4. The molecule has 2 N–H and O–H groups in total. The van der Waals surface area contributed by atoms with Crippen LogP contribution in [0.2, 0.25) is 0 Å². The second-order valence-corrected chi connectivity index (χ2v) is 6.56. The number of carboxylic acid groups (broad SMARTS) is 1. The minimum atomic E-state index is -0.803. The minimum Gasteiger partial charge on any atom is -0.481 e. The van der Waals surface area contributed by atoms with Crippen LogP contribution >= 0.6 is 0 Å². The first-order valence-corrected chi connectivity index (χ1v) is 7.74. The topological polar surface area (TPSA) is 72.9 Å². The van der Waals surface area contributed by atoms with Crippen LogP contribution in [0, 0.1) is 11.8 Å². The van der Waals surface area contributed by atoms with Crippen molar-refractivity contribution in [2.75, 3.05) is 33.2 Å². The molecule has 1 aliphatic heterocycles. The summed E-state index contributed by atoms with van der Waals surface area (Å²) in [6.45, 7) is 8.99. The van der Waals surface area contributed by atoms with E-state index in [1.54, 1.807) is 0 Å². The number of carbonyl (C=O) groups excluding carboxylic acids is 1. The number of hydrogen-bond donors (Lipinski definition) is 2. The van der Waals surface area contributed by atoms with Crippen molar-refractivity contribution in [1.29, 1.82) is 0 Å². The third kappa shape index (κ3) is 6.33. The van der Waals surface area contributed by atoms with Gasteiger partial charge in [-0.2, -0.15) is 0 Å². The van der Waals surface area contributed by atoms with E-state index in [2.05, 4.69) is 38.0 Å². The summed E-state index contributed by atoms with van der Waals surface area (Å²) in [4.78, 5) is 27.1. The third-order valence-corrected chi connectivity index (χ3v) is 4.06. The highest BCUT2D eigenvalue weighted by Gasteiger charge is 2.25. The largest absolute Gasteiger partial charge is 0.481 e. The van der Waals surface area contributed by atoms with Crippen LogP contribution < -0.4 is 5.32 Å². The van der Waals surface area contributed by atoms with Crippen LogP contribution in [0.3, 0.4) is 0 Å². The Morgan fingerprint density at radius 2 is 2.00 bits per heavy atom. The molecule has 6 nitrogen and oxygen atoms in total. The number of hydrogen-bond acceptors (Lipinski definition) is 3. The Kier molecular flexibility index (Phi) is 6.95. The SMILES string of the molecule is CC(C)CC(CNC(=O)N1CCN(C)C(C)C1)CC(=O)O. The number of nitrogens with zero attached hydrogens (tertiary/aromatic N) is 2. The summed E-state index contributed by atoms with van der Waals surface area (Å²) < 4.78 is 0. The summed E-state index contributed by atoms with van der Waals surface area (Å²) in [6, 6.07) is 0.282. The zero-order valence-corrected chi connectivity index (χ0v) is 13.6. The predicted octanol–water partition coefficient (Wildman–Crippen LogP) is 1.47. The van der Waals surface area contributed by atoms with Gasteiger partial charge in [-0.3, -0.25) is 4.79 Å². The Labute approximate surface area is 127 Å². The maximum Gasteiger partial charge on any atom is 0.317 e. The predicted molar refractivity (Wildman–Crippen MR) is 82.3 cm³/mol. The van der Waals surface area contributed by atoms with E-state index in [0.717, 1.165) is 26.1 Å². The lowest BCUT2D eigenvalue weighted by Crippen LogP contribution is -2.55. The Morgan fingerprint density at radius 1 is 1.33 bits per heavy atom. The molecule has 122 valence electrons. The fourth-order valence-corrected chi connectivity index (χ4v) is 2.73. The van der Waals surface area contributed by atoms with E-state index in [9.17, 15) is 9.59 Å². The van der Waals surface area contributed by atoms with Gasteiger partial charge in [-0.15, -0.1) is 0 Å². The van der Waals surface area contributed by atoms with Gasteiger partial charge in [0.15, 0.2) is 0 Å². The van der Waals surface area contributed by atoms with E-state index in [0.29, 0.717) is 18.5 Å². The molecule has 0 spiro atoms. The second-order valence-electron chi connectivity index (χ2n) is 6.56. The molecule has 1 saturated heterocycles. The van der Waals surface area contributed by atoms with Crippen LogP contribution in [0.15, 0.2) is 0 Å². The molecule has 1 rings (SSSR count). The second kappa shape index (κ2) is 8.22. The number of carboxylic acids is 1. The van der Waals surface area contributed by atoms with Gasteiger partial charge in [0, 0.05) is 38.6 Å². The molecule has 0 aliphatic carbocycles. The summed E-state index contributed by atoms with van der Waals surface area (Å²) in [7, 11) is 2.06. The Bertz CT molecular complexity index is 360. The average Bonchev–Trinajstić information content (AvgIpc) is 2.37. The van der Waals surface area contributed by atoms with E-state index < -0.39 is 5.97 Å². The number of piperazine rings is 1. The van der Waals surface area contributed by atoms with Crippen LogP contribution in [0.1, 0.15) is 33.6 Å². The van der Waals surface area contributed by atoms with Crippen molar-refractivity contribution in [3.05, 3.63) is 0 Å². The maximum absolute atomic E-state index is 12.2. The summed E-state index contributed by atoms with van der Waals surface area (Å²) in [5, 5.41) is 11.8. The zero-order chi connectivity index (χ0) is 16.0. The van der Waals surface area contributed by atoms with Crippen molar-refractivity contribution in [2.24, 2.45) is 11.8 Å². The van der Waals surface area contributed by atoms with E-state index in [4.69, 9.17) is 5.11 Å². The molecule has 0 bridgehead atoms. The molecule has 6 heteroatoms. The molecule has 0 aromatic heterocycles. The molecule has 0 saturated carbocycles. The van der Waals surface area contributed by atoms with Crippen LogP contribution in [-0.4, -0.2) is 66.2 Å². The Balaban J connectivity index is 2.43. The lowest BCUT2D eigenvalue weighted by molar-refractivity contribution is -0.138. The van der Waals surface area contributed by atoms with Gasteiger partial charge in [0.25, 0.3) is 0 Å². The molecular weight excluding hydrogens is 270 g/mol. The van der Waals surface area contributed by atoms with Gasteiger partial charge >= 0.3 is 12.0 Å². The van der Waals surface area contributed by atoms with Gasteiger partial charge in [0.2, 0.25) is 0 Å². The van der Waals surface area contributed by atoms with Gasteiger partial charge in [0.1, 0.15) is 0 Å². The lowest BCUT2D eigenvalue weighted by atomic mass is 9.94. The van der Waals surface area contributed by atoms with E-state index in [-0.39, 0.29) is 18.4 Å². The molecule has 2 atom stereocenters. The van der Waals surface area contributed by atoms with Crippen molar-refractivity contribution in [2.45, 2.75) is 39.7 Å². The summed E-state index contributed by atoms with van der Waals surface area (Å²) in [5.74, 6) is -0.380. The van der Waals surface area contributed by atoms with Crippen molar-refractivity contribution in [3.8, 4) is 0 Å². The first-order chi connectivity index (χ1) is 9.79. The van der Waals surface area contributed by atoms with Crippen molar-refractivity contribution in [3.63, 3.8) is 0 Å². The van der Waals surface area contributed by atoms with E-state index >= 15 is 0 Å². The van der Waals surface area contributed by atoms with Gasteiger partial charge in [-0.05, 0) is 32.2 Å². The van der Waals surface area contributed by atoms with Gasteiger partial charge in [-0.1, -0.05) is 13.8 Å². The van der Waals surface area contributed by atoms with Crippen LogP contribution in [0.5, 0.6) is 0 Å². The Hall–Kier alpha value is -1.30.